The fraction of sp³-hybridized carbons (Fsp3) is 0.500. The van der Waals surface area contributed by atoms with Crippen LogP contribution in [-0.4, -0.2) is 14.8 Å². The number of H-pyrrole nitrogens is 1. The van der Waals surface area contributed by atoms with Gasteiger partial charge in [0.25, 0.3) is 0 Å². The van der Waals surface area contributed by atoms with Gasteiger partial charge in [-0.15, -0.1) is 11.3 Å². The summed E-state index contributed by atoms with van der Waals surface area (Å²) >= 11 is 7.12. The van der Waals surface area contributed by atoms with E-state index in [2.05, 4.69) is 27.1 Å². The zero-order valence-electron chi connectivity index (χ0n) is 9.82. The van der Waals surface area contributed by atoms with E-state index in [-0.39, 0.29) is 0 Å². The minimum atomic E-state index is 0.721. The van der Waals surface area contributed by atoms with Crippen molar-refractivity contribution >= 4 is 23.6 Å². The number of thiophene rings is 1. The van der Waals surface area contributed by atoms with Crippen molar-refractivity contribution in [1.82, 2.24) is 14.8 Å². The molecule has 0 atom stereocenters. The molecule has 0 fully saturated rings. The molecule has 90 valence electrons. The Balaban J connectivity index is 2.15. The minimum absolute atomic E-state index is 0.721. The molecule has 0 aliphatic heterocycles. The second-order valence-electron chi connectivity index (χ2n) is 4.35. The second kappa shape index (κ2) is 4.38. The van der Waals surface area contributed by atoms with Gasteiger partial charge in [0.1, 0.15) is 0 Å². The van der Waals surface area contributed by atoms with Crippen molar-refractivity contribution in [1.29, 1.82) is 0 Å². The zero-order valence-corrected chi connectivity index (χ0v) is 11.5. The molecule has 2 aromatic rings. The summed E-state index contributed by atoms with van der Waals surface area (Å²) in [7, 11) is 0. The Morgan fingerprint density at radius 2 is 2.29 bits per heavy atom. The summed E-state index contributed by atoms with van der Waals surface area (Å²) in [5.74, 6) is 1.01. The molecule has 3 rings (SSSR count). The number of aromatic nitrogens is 3. The van der Waals surface area contributed by atoms with E-state index in [1.807, 2.05) is 11.3 Å². The molecule has 2 aromatic heterocycles. The van der Waals surface area contributed by atoms with E-state index in [1.165, 1.54) is 36.8 Å². The largest absolute Gasteiger partial charge is 0.300 e. The maximum atomic E-state index is 5.25. The average Bonchev–Trinajstić information content (AvgIpc) is 2.92. The van der Waals surface area contributed by atoms with Crippen molar-refractivity contribution in [2.45, 2.75) is 39.2 Å². The smallest absolute Gasteiger partial charge is 0.195 e. The van der Waals surface area contributed by atoms with Crippen LogP contribution in [0.2, 0.25) is 0 Å². The highest BCUT2D eigenvalue weighted by Crippen LogP contribution is 2.35. The maximum absolute atomic E-state index is 5.25. The number of aromatic amines is 1. The lowest BCUT2D eigenvalue weighted by atomic mass is 9.96. The van der Waals surface area contributed by atoms with Crippen LogP contribution in [0.3, 0.4) is 0 Å². The number of nitrogens with one attached hydrogen (secondary N) is 1. The summed E-state index contributed by atoms with van der Waals surface area (Å²) < 4.78 is 2.80. The number of nitrogens with zero attached hydrogens (tertiary/aromatic N) is 2. The molecule has 0 saturated heterocycles. The molecule has 0 amide bonds. The Kier molecular flexibility index (Phi) is 2.88. The quantitative estimate of drug-likeness (QED) is 0.842. The summed E-state index contributed by atoms with van der Waals surface area (Å²) in [6.45, 7) is 2.98. The topological polar surface area (TPSA) is 33.6 Å². The van der Waals surface area contributed by atoms with E-state index >= 15 is 0 Å². The maximum Gasteiger partial charge on any atom is 0.195 e. The average molecular weight is 265 g/mol. The van der Waals surface area contributed by atoms with Gasteiger partial charge in [0.15, 0.2) is 10.6 Å². The molecule has 0 spiro atoms. The monoisotopic (exact) mass is 265 g/mol. The standard InChI is InChI=1S/C12H15N3S2/c1-2-15-11(13-14-12(15)16)9-7-17-10-6-4-3-5-8(9)10/h7H,2-6H2,1H3,(H,14,16). The van der Waals surface area contributed by atoms with Gasteiger partial charge in [-0.25, -0.2) is 0 Å². The van der Waals surface area contributed by atoms with E-state index in [0.29, 0.717) is 0 Å². The van der Waals surface area contributed by atoms with Crippen LogP contribution >= 0.6 is 23.6 Å². The summed E-state index contributed by atoms with van der Waals surface area (Å²) in [6.07, 6.45) is 5.05. The molecule has 0 bridgehead atoms. The lowest BCUT2D eigenvalue weighted by Gasteiger charge is -2.12. The van der Waals surface area contributed by atoms with Crippen molar-refractivity contribution in [2.75, 3.05) is 0 Å². The first-order valence-electron chi connectivity index (χ1n) is 6.06. The third-order valence-electron chi connectivity index (χ3n) is 3.38. The summed E-state index contributed by atoms with van der Waals surface area (Å²) in [5, 5.41) is 9.54. The highest BCUT2D eigenvalue weighted by Gasteiger charge is 2.19. The van der Waals surface area contributed by atoms with Gasteiger partial charge in [-0.3, -0.25) is 5.10 Å². The molecule has 0 radical (unpaired) electrons. The van der Waals surface area contributed by atoms with E-state index in [0.717, 1.165) is 17.1 Å². The lowest BCUT2D eigenvalue weighted by molar-refractivity contribution is 0.695. The molecule has 0 unspecified atom stereocenters. The van der Waals surface area contributed by atoms with E-state index < -0.39 is 0 Å². The molecular formula is C12H15N3S2. The Morgan fingerprint density at radius 1 is 1.47 bits per heavy atom. The zero-order chi connectivity index (χ0) is 11.8. The SMILES string of the molecule is CCn1c(-c2csc3c2CCCC3)n[nH]c1=S. The fourth-order valence-electron chi connectivity index (χ4n) is 2.50. The molecule has 17 heavy (non-hydrogen) atoms. The van der Waals surface area contributed by atoms with Crippen molar-refractivity contribution in [3.8, 4) is 11.4 Å². The Morgan fingerprint density at radius 3 is 3.12 bits per heavy atom. The summed E-state index contributed by atoms with van der Waals surface area (Å²) in [5.41, 5.74) is 2.80. The number of hydrogen-bond acceptors (Lipinski definition) is 3. The van der Waals surface area contributed by atoms with Crippen molar-refractivity contribution < 1.29 is 0 Å². The van der Waals surface area contributed by atoms with Crippen LogP contribution in [0, 0.1) is 4.77 Å². The molecule has 1 N–H and O–H groups in total. The normalized spacial score (nSPS) is 14.9. The first-order valence-corrected chi connectivity index (χ1v) is 7.35. The first kappa shape index (κ1) is 11.2. The third-order valence-corrected chi connectivity index (χ3v) is 4.78. The van der Waals surface area contributed by atoms with Gasteiger partial charge in [-0.2, -0.15) is 5.10 Å². The predicted octanol–water partition coefficient (Wildman–Crippen LogP) is 3.57. The molecule has 5 heteroatoms. The van der Waals surface area contributed by atoms with Gasteiger partial charge in [0.05, 0.1) is 0 Å². The van der Waals surface area contributed by atoms with Crippen LogP contribution in [0.25, 0.3) is 11.4 Å². The molecule has 2 heterocycles. The van der Waals surface area contributed by atoms with Crippen LogP contribution in [-0.2, 0) is 19.4 Å². The van der Waals surface area contributed by atoms with Gasteiger partial charge >= 0.3 is 0 Å². The molecule has 0 saturated carbocycles. The van der Waals surface area contributed by atoms with Gasteiger partial charge in [-0.1, -0.05) is 0 Å². The van der Waals surface area contributed by atoms with E-state index in [9.17, 15) is 0 Å². The first-order chi connectivity index (χ1) is 8.31. The number of hydrogen-bond donors (Lipinski definition) is 1. The van der Waals surface area contributed by atoms with Gasteiger partial charge in [-0.05, 0) is 50.4 Å². The van der Waals surface area contributed by atoms with Crippen LogP contribution in [0.4, 0.5) is 0 Å². The minimum Gasteiger partial charge on any atom is -0.300 e. The van der Waals surface area contributed by atoms with Crippen molar-refractivity contribution in [2.24, 2.45) is 0 Å². The Bertz CT molecular complexity index is 591. The molecule has 1 aliphatic carbocycles. The van der Waals surface area contributed by atoms with Crippen molar-refractivity contribution in [3.63, 3.8) is 0 Å². The molecule has 1 aliphatic rings. The van der Waals surface area contributed by atoms with Gasteiger partial charge in [0.2, 0.25) is 0 Å². The lowest BCUT2D eigenvalue weighted by Crippen LogP contribution is -2.02. The summed E-state index contributed by atoms with van der Waals surface area (Å²) in [4.78, 5) is 1.54. The second-order valence-corrected chi connectivity index (χ2v) is 5.71. The Hall–Kier alpha value is -0.940. The Labute approximate surface area is 109 Å². The molecular weight excluding hydrogens is 250 g/mol. The van der Waals surface area contributed by atoms with Gasteiger partial charge in [0, 0.05) is 22.4 Å². The van der Waals surface area contributed by atoms with Crippen LogP contribution in [0.15, 0.2) is 5.38 Å². The molecule has 3 nitrogen and oxygen atoms in total. The van der Waals surface area contributed by atoms with E-state index in [4.69, 9.17) is 12.2 Å². The fourth-order valence-corrected chi connectivity index (χ4v) is 3.88. The predicted molar refractivity (Wildman–Crippen MR) is 73.0 cm³/mol. The van der Waals surface area contributed by atoms with Crippen LogP contribution in [0.5, 0.6) is 0 Å². The highest BCUT2D eigenvalue weighted by atomic mass is 32.1. The summed E-state index contributed by atoms with van der Waals surface area (Å²) in [6, 6.07) is 0. The van der Waals surface area contributed by atoms with E-state index in [1.54, 1.807) is 4.88 Å². The third kappa shape index (κ3) is 1.77. The highest BCUT2D eigenvalue weighted by molar-refractivity contribution is 7.71. The van der Waals surface area contributed by atoms with Crippen LogP contribution in [0.1, 0.15) is 30.2 Å². The van der Waals surface area contributed by atoms with Crippen LogP contribution < -0.4 is 0 Å². The van der Waals surface area contributed by atoms with Gasteiger partial charge < -0.3 is 4.57 Å². The van der Waals surface area contributed by atoms with Crippen molar-refractivity contribution in [3.05, 3.63) is 20.6 Å². The number of aryl methyl sites for hydroxylation is 1. The number of fused-ring (bicyclic) bond motifs is 1. The molecule has 0 aromatic carbocycles. The number of rotatable bonds is 2.